The number of aromatic nitrogens is 2. The number of carbonyl (C=O) groups excluding carboxylic acids is 1. The number of aryl methyl sites for hydroxylation is 2. The SMILES string of the molecule is CCn1cc(CN(C)C(=O)CCC2CCCCN2C)c(C)n1. The van der Waals surface area contributed by atoms with Crippen molar-refractivity contribution in [2.45, 2.75) is 65.1 Å². The van der Waals surface area contributed by atoms with Crippen LogP contribution in [0.5, 0.6) is 0 Å². The summed E-state index contributed by atoms with van der Waals surface area (Å²) in [5.41, 5.74) is 2.17. The van der Waals surface area contributed by atoms with Crippen molar-refractivity contribution < 1.29 is 4.79 Å². The average molecular weight is 306 g/mol. The molecule has 124 valence electrons. The van der Waals surface area contributed by atoms with Crippen LogP contribution in [0.1, 0.15) is 50.3 Å². The number of piperidine rings is 1. The van der Waals surface area contributed by atoms with Crippen molar-refractivity contribution in [2.24, 2.45) is 0 Å². The minimum atomic E-state index is 0.239. The summed E-state index contributed by atoms with van der Waals surface area (Å²) in [6.45, 7) is 6.78. The van der Waals surface area contributed by atoms with E-state index in [0.29, 0.717) is 19.0 Å². The highest BCUT2D eigenvalue weighted by Crippen LogP contribution is 2.19. The van der Waals surface area contributed by atoms with Crippen LogP contribution in [0, 0.1) is 6.92 Å². The van der Waals surface area contributed by atoms with Gasteiger partial charge in [-0.15, -0.1) is 0 Å². The maximum absolute atomic E-state index is 12.4. The molecular formula is C17H30N4O. The van der Waals surface area contributed by atoms with Crippen molar-refractivity contribution in [2.75, 3.05) is 20.6 Å². The largest absolute Gasteiger partial charge is 0.341 e. The first-order valence-electron chi connectivity index (χ1n) is 8.48. The van der Waals surface area contributed by atoms with E-state index >= 15 is 0 Å². The lowest BCUT2D eigenvalue weighted by Crippen LogP contribution is -2.37. The first kappa shape index (κ1) is 17.0. The van der Waals surface area contributed by atoms with Gasteiger partial charge in [0.1, 0.15) is 0 Å². The van der Waals surface area contributed by atoms with E-state index < -0.39 is 0 Å². The number of likely N-dealkylation sites (tertiary alicyclic amines) is 1. The highest BCUT2D eigenvalue weighted by molar-refractivity contribution is 5.75. The predicted molar refractivity (Wildman–Crippen MR) is 88.6 cm³/mol. The first-order valence-corrected chi connectivity index (χ1v) is 8.48. The normalized spacial score (nSPS) is 19.4. The Morgan fingerprint density at radius 2 is 2.23 bits per heavy atom. The maximum atomic E-state index is 12.4. The summed E-state index contributed by atoms with van der Waals surface area (Å²) in [4.78, 5) is 16.6. The molecule has 0 aromatic carbocycles. The van der Waals surface area contributed by atoms with Gasteiger partial charge in [0.25, 0.3) is 0 Å². The summed E-state index contributed by atoms with van der Waals surface area (Å²) < 4.78 is 1.93. The zero-order valence-corrected chi connectivity index (χ0v) is 14.5. The Kier molecular flexibility index (Phi) is 6.00. The zero-order valence-electron chi connectivity index (χ0n) is 14.5. The standard InChI is InChI=1S/C17H30N4O/c1-5-21-13-15(14(2)18-21)12-20(4)17(22)10-9-16-8-6-7-11-19(16)3/h13,16H,5-12H2,1-4H3. The van der Waals surface area contributed by atoms with Gasteiger partial charge >= 0.3 is 0 Å². The molecule has 0 radical (unpaired) electrons. The molecule has 22 heavy (non-hydrogen) atoms. The van der Waals surface area contributed by atoms with E-state index in [4.69, 9.17) is 0 Å². The van der Waals surface area contributed by atoms with Gasteiger partial charge in [0.05, 0.1) is 5.69 Å². The Morgan fingerprint density at radius 1 is 1.45 bits per heavy atom. The summed E-state index contributed by atoms with van der Waals surface area (Å²) >= 11 is 0. The molecule has 1 amide bonds. The molecule has 1 aliphatic rings. The van der Waals surface area contributed by atoms with Crippen LogP contribution in [0.3, 0.4) is 0 Å². The van der Waals surface area contributed by atoms with Gasteiger partial charge in [-0.1, -0.05) is 6.42 Å². The fourth-order valence-corrected chi connectivity index (χ4v) is 3.21. The van der Waals surface area contributed by atoms with E-state index in [1.54, 1.807) is 0 Å². The Labute approximate surface area is 134 Å². The smallest absolute Gasteiger partial charge is 0.222 e. The number of carbonyl (C=O) groups is 1. The van der Waals surface area contributed by atoms with Crippen LogP contribution in [-0.2, 0) is 17.9 Å². The minimum absolute atomic E-state index is 0.239. The Balaban J connectivity index is 1.82. The van der Waals surface area contributed by atoms with E-state index in [1.165, 1.54) is 25.8 Å². The Bertz CT molecular complexity index is 497. The van der Waals surface area contributed by atoms with E-state index in [-0.39, 0.29) is 5.91 Å². The third-order valence-electron chi connectivity index (χ3n) is 4.82. The topological polar surface area (TPSA) is 41.4 Å². The van der Waals surface area contributed by atoms with Crippen molar-refractivity contribution in [3.05, 3.63) is 17.5 Å². The molecule has 1 fully saturated rings. The van der Waals surface area contributed by atoms with Crippen LogP contribution in [0.25, 0.3) is 0 Å². The molecule has 0 bridgehead atoms. The number of hydrogen-bond donors (Lipinski definition) is 0. The molecule has 0 aliphatic carbocycles. The van der Waals surface area contributed by atoms with Gasteiger partial charge in [-0.3, -0.25) is 9.48 Å². The van der Waals surface area contributed by atoms with Crippen molar-refractivity contribution in [1.29, 1.82) is 0 Å². The quantitative estimate of drug-likeness (QED) is 0.810. The molecule has 0 N–H and O–H groups in total. The van der Waals surface area contributed by atoms with E-state index in [0.717, 1.165) is 24.2 Å². The molecule has 1 aliphatic heterocycles. The summed E-state index contributed by atoms with van der Waals surface area (Å²) in [6, 6.07) is 0.579. The molecule has 1 unspecified atom stereocenters. The van der Waals surface area contributed by atoms with E-state index in [1.807, 2.05) is 29.7 Å². The Hall–Kier alpha value is -1.36. The van der Waals surface area contributed by atoms with Crippen LogP contribution in [0.15, 0.2) is 6.20 Å². The van der Waals surface area contributed by atoms with Crippen LogP contribution < -0.4 is 0 Å². The maximum Gasteiger partial charge on any atom is 0.222 e. The molecule has 1 aromatic rings. The minimum Gasteiger partial charge on any atom is -0.341 e. The molecular weight excluding hydrogens is 276 g/mol. The fraction of sp³-hybridized carbons (Fsp3) is 0.765. The van der Waals surface area contributed by atoms with Gasteiger partial charge in [-0.05, 0) is 46.7 Å². The molecule has 0 saturated carbocycles. The van der Waals surface area contributed by atoms with E-state index in [9.17, 15) is 4.79 Å². The third kappa shape index (κ3) is 4.32. The lowest BCUT2D eigenvalue weighted by atomic mass is 9.98. The van der Waals surface area contributed by atoms with Gasteiger partial charge in [0.2, 0.25) is 5.91 Å². The van der Waals surface area contributed by atoms with Crippen LogP contribution >= 0.6 is 0 Å². The van der Waals surface area contributed by atoms with Gasteiger partial charge in [0.15, 0.2) is 0 Å². The number of hydrogen-bond acceptors (Lipinski definition) is 3. The molecule has 2 heterocycles. The molecule has 2 rings (SSSR count). The monoisotopic (exact) mass is 306 g/mol. The zero-order chi connectivity index (χ0) is 16.1. The van der Waals surface area contributed by atoms with Crippen molar-refractivity contribution in [3.63, 3.8) is 0 Å². The molecule has 5 heteroatoms. The second-order valence-corrected chi connectivity index (χ2v) is 6.51. The summed E-state index contributed by atoms with van der Waals surface area (Å²) in [5, 5.41) is 4.44. The lowest BCUT2D eigenvalue weighted by Gasteiger charge is -2.32. The van der Waals surface area contributed by atoms with Gasteiger partial charge in [0, 0.05) is 44.4 Å². The van der Waals surface area contributed by atoms with Crippen molar-refractivity contribution in [1.82, 2.24) is 19.6 Å². The third-order valence-corrected chi connectivity index (χ3v) is 4.82. The molecule has 5 nitrogen and oxygen atoms in total. The lowest BCUT2D eigenvalue weighted by molar-refractivity contribution is -0.130. The van der Waals surface area contributed by atoms with Gasteiger partial charge in [-0.25, -0.2) is 0 Å². The molecule has 1 aromatic heterocycles. The van der Waals surface area contributed by atoms with Crippen LogP contribution in [-0.4, -0.2) is 52.2 Å². The summed E-state index contributed by atoms with van der Waals surface area (Å²) in [7, 11) is 4.08. The first-order chi connectivity index (χ1) is 10.5. The van der Waals surface area contributed by atoms with Crippen LogP contribution in [0.2, 0.25) is 0 Å². The van der Waals surface area contributed by atoms with Gasteiger partial charge in [-0.2, -0.15) is 5.10 Å². The second kappa shape index (κ2) is 7.77. The number of nitrogens with zero attached hydrogens (tertiary/aromatic N) is 4. The highest BCUT2D eigenvalue weighted by atomic mass is 16.2. The predicted octanol–water partition coefficient (Wildman–Crippen LogP) is 2.43. The fourth-order valence-electron chi connectivity index (χ4n) is 3.21. The second-order valence-electron chi connectivity index (χ2n) is 6.51. The van der Waals surface area contributed by atoms with Crippen LogP contribution in [0.4, 0.5) is 0 Å². The number of rotatable bonds is 6. The molecule has 0 spiro atoms. The average Bonchev–Trinajstić information content (AvgIpc) is 2.86. The van der Waals surface area contributed by atoms with E-state index in [2.05, 4.69) is 24.0 Å². The summed E-state index contributed by atoms with van der Waals surface area (Å²) in [6.07, 6.45) is 7.50. The Morgan fingerprint density at radius 3 is 2.86 bits per heavy atom. The number of amides is 1. The van der Waals surface area contributed by atoms with Crippen molar-refractivity contribution in [3.8, 4) is 0 Å². The van der Waals surface area contributed by atoms with Crippen molar-refractivity contribution >= 4 is 5.91 Å². The summed E-state index contributed by atoms with van der Waals surface area (Å²) in [5.74, 6) is 0.239. The molecule has 1 saturated heterocycles. The highest BCUT2D eigenvalue weighted by Gasteiger charge is 2.21. The molecule has 1 atom stereocenters. The van der Waals surface area contributed by atoms with Gasteiger partial charge < -0.3 is 9.80 Å².